The first kappa shape index (κ1) is 16.7. The molecule has 0 radical (unpaired) electrons. The van der Waals surface area contributed by atoms with Gasteiger partial charge in [0.1, 0.15) is 0 Å². The fourth-order valence-corrected chi connectivity index (χ4v) is 2.09. The zero-order valence-corrected chi connectivity index (χ0v) is 13.0. The largest absolute Gasteiger partial charge is 0.380 e. The van der Waals surface area contributed by atoms with Crippen LogP contribution in [0.15, 0.2) is 24.3 Å². The fourth-order valence-electron chi connectivity index (χ4n) is 2.09. The molecule has 4 heteroatoms. The van der Waals surface area contributed by atoms with Crippen LogP contribution in [0.3, 0.4) is 0 Å². The van der Waals surface area contributed by atoms with E-state index in [9.17, 15) is 4.79 Å². The van der Waals surface area contributed by atoms with Gasteiger partial charge in [0.15, 0.2) is 0 Å². The molecule has 0 heterocycles. The Morgan fingerprint density at radius 3 is 2.25 bits per heavy atom. The average molecular weight is 278 g/mol. The topological polar surface area (TPSA) is 41.6 Å². The molecule has 0 aromatic heterocycles. The zero-order chi connectivity index (χ0) is 15.0. The summed E-state index contributed by atoms with van der Waals surface area (Å²) in [6.45, 7) is 8.76. The van der Waals surface area contributed by atoms with Gasteiger partial charge in [-0.15, -0.1) is 0 Å². The minimum atomic E-state index is -0.159. The van der Waals surface area contributed by atoms with Gasteiger partial charge in [0.25, 0.3) is 0 Å². The van der Waals surface area contributed by atoms with Crippen molar-refractivity contribution in [2.24, 2.45) is 0 Å². The smallest absolute Gasteiger partial charge is 0.239 e. The van der Waals surface area contributed by atoms with Crippen LogP contribution in [0.2, 0.25) is 0 Å². The predicted molar refractivity (Wildman–Crippen MR) is 81.4 cm³/mol. The van der Waals surface area contributed by atoms with Gasteiger partial charge in [-0.1, -0.05) is 24.3 Å². The molecule has 0 bridgehead atoms. The van der Waals surface area contributed by atoms with Crippen LogP contribution in [-0.2, 0) is 22.7 Å². The number of nitrogens with zero attached hydrogens (tertiary/aromatic N) is 1. The summed E-state index contributed by atoms with van der Waals surface area (Å²) in [5.74, 6) is 0.158. The molecule has 0 aliphatic heterocycles. The first-order chi connectivity index (χ1) is 9.62. The van der Waals surface area contributed by atoms with Crippen molar-refractivity contribution < 1.29 is 9.53 Å². The van der Waals surface area contributed by atoms with Crippen LogP contribution in [0.4, 0.5) is 0 Å². The number of rotatable bonds is 8. The Morgan fingerprint density at radius 1 is 1.20 bits per heavy atom. The Labute approximate surface area is 122 Å². The molecule has 112 valence electrons. The highest BCUT2D eigenvalue weighted by atomic mass is 16.5. The third-order valence-electron chi connectivity index (χ3n) is 3.39. The Morgan fingerprint density at radius 2 is 1.75 bits per heavy atom. The second-order valence-corrected chi connectivity index (χ2v) is 4.86. The van der Waals surface area contributed by atoms with E-state index in [-0.39, 0.29) is 11.9 Å². The normalized spacial score (nSPS) is 12.2. The lowest BCUT2D eigenvalue weighted by molar-refractivity contribution is -0.132. The van der Waals surface area contributed by atoms with Crippen LogP contribution in [0.1, 0.15) is 31.9 Å². The maximum atomic E-state index is 12.1. The zero-order valence-electron chi connectivity index (χ0n) is 13.0. The Kier molecular flexibility index (Phi) is 7.26. The molecule has 1 amide bonds. The number of ether oxygens (including phenoxy) is 1. The highest BCUT2D eigenvalue weighted by Crippen LogP contribution is 2.06. The maximum absolute atomic E-state index is 12.1. The quantitative estimate of drug-likeness (QED) is 0.792. The summed E-state index contributed by atoms with van der Waals surface area (Å²) >= 11 is 0. The van der Waals surface area contributed by atoms with E-state index >= 15 is 0 Å². The van der Waals surface area contributed by atoms with Crippen molar-refractivity contribution in [3.63, 3.8) is 0 Å². The van der Waals surface area contributed by atoms with Gasteiger partial charge in [-0.3, -0.25) is 4.79 Å². The summed E-state index contributed by atoms with van der Waals surface area (Å²) in [6, 6.07) is 8.08. The van der Waals surface area contributed by atoms with Crippen molar-refractivity contribution in [1.29, 1.82) is 0 Å². The van der Waals surface area contributed by atoms with Gasteiger partial charge in [-0.05, 0) is 31.9 Å². The fraction of sp³-hybridized carbons (Fsp3) is 0.562. The van der Waals surface area contributed by atoms with Crippen LogP contribution >= 0.6 is 0 Å². The molecule has 1 aromatic rings. The molecule has 0 aliphatic rings. The van der Waals surface area contributed by atoms with Gasteiger partial charge >= 0.3 is 0 Å². The number of benzene rings is 1. The molecule has 0 spiro atoms. The van der Waals surface area contributed by atoms with Gasteiger partial charge in [0.2, 0.25) is 5.91 Å². The summed E-state index contributed by atoms with van der Waals surface area (Å²) in [6.07, 6.45) is 0. The molecule has 1 N–H and O–H groups in total. The number of amides is 1. The third kappa shape index (κ3) is 4.94. The lowest BCUT2D eigenvalue weighted by Gasteiger charge is -2.23. The van der Waals surface area contributed by atoms with Crippen LogP contribution in [0.25, 0.3) is 0 Å². The van der Waals surface area contributed by atoms with Gasteiger partial charge in [-0.25, -0.2) is 0 Å². The van der Waals surface area contributed by atoms with Crippen molar-refractivity contribution in [3.8, 4) is 0 Å². The van der Waals surface area contributed by atoms with Crippen LogP contribution < -0.4 is 5.32 Å². The predicted octanol–water partition coefficient (Wildman–Crippen LogP) is 2.18. The van der Waals surface area contributed by atoms with E-state index in [1.807, 2.05) is 25.7 Å². The Balaban J connectivity index is 2.47. The summed E-state index contributed by atoms with van der Waals surface area (Å²) in [4.78, 5) is 14.0. The molecule has 1 aromatic carbocycles. The molecule has 1 atom stereocenters. The highest BCUT2D eigenvalue weighted by molar-refractivity contribution is 5.81. The number of carbonyl (C=O) groups excluding carboxylic acids is 1. The van der Waals surface area contributed by atoms with E-state index in [2.05, 4.69) is 29.6 Å². The molecule has 20 heavy (non-hydrogen) atoms. The minimum Gasteiger partial charge on any atom is -0.380 e. The second kappa shape index (κ2) is 8.72. The third-order valence-corrected chi connectivity index (χ3v) is 3.39. The summed E-state index contributed by atoms with van der Waals surface area (Å²) in [5, 5.41) is 3.28. The van der Waals surface area contributed by atoms with Crippen molar-refractivity contribution in [1.82, 2.24) is 10.2 Å². The second-order valence-electron chi connectivity index (χ2n) is 4.86. The lowest BCUT2D eigenvalue weighted by atomic mass is 10.1. The standard InChI is InChI=1S/C16H26N2O2/c1-5-18(6-2)16(19)13(3)17-11-14-7-9-15(10-8-14)12-20-4/h7-10,13,17H,5-6,11-12H2,1-4H3. The van der Waals surface area contributed by atoms with E-state index in [1.165, 1.54) is 5.56 Å². The van der Waals surface area contributed by atoms with Crippen LogP contribution in [-0.4, -0.2) is 37.0 Å². The summed E-state index contributed by atoms with van der Waals surface area (Å²) in [7, 11) is 1.69. The molecule has 1 unspecified atom stereocenters. The number of hydrogen-bond donors (Lipinski definition) is 1. The Hall–Kier alpha value is -1.39. The number of nitrogens with one attached hydrogen (secondary N) is 1. The molecule has 0 saturated heterocycles. The van der Waals surface area contributed by atoms with E-state index < -0.39 is 0 Å². The highest BCUT2D eigenvalue weighted by Gasteiger charge is 2.17. The van der Waals surface area contributed by atoms with Crippen molar-refractivity contribution in [2.45, 2.75) is 40.0 Å². The molecule has 4 nitrogen and oxygen atoms in total. The maximum Gasteiger partial charge on any atom is 0.239 e. The van der Waals surface area contributed by atoms with Crippen molar-refractivity contribution in [3.05, 3.63) is 35.4 Å². The molecule has 1 rings (SSSR count). The molecular weight excluding hydrogens is 252 g/mol. The summed E-state index contributed by atoms with van der Waals surface area (Å²) < 4.78 is 5.08. The molecule has 0 fully saturated rings. The summed E-state index contributed by atoms with van der Waals surface area (Å²) in [5.41, 5.74) is 2.33. The van der Waals surface area contributed by atoms with Crippen LogP contribution in [0, 0.1) is 0 Å². The number of methoxy groups -OCH3 is 1. The SMILES string of the molecule is CCN(CC)C(=O)C(C)NCc1ccc(COC)cc1. The number of hydrogen-bond acceptors (Lipinski definition) is 3. The molecule has 0 aliphatic carbocycles. The minimum absolute atomic E-state index is 0.158. The monoisotopic (exact) mass is 278 g/mol. The van der Waals surface area contributed by atoms with E-state index in [4.69, 9.17) is 4.74 Å². The first-order valence-electron chi connectivity index (χ1n) is 7.21. The van der Waals surface area contributed by atoms with E-state index in [1.54, 1.807) is 7.11 Å². The average Bonchev–Trinajstić information content (AvgIpc) is 2.47. The van der Waals surface area contributed by atoms with Gasteiger partial charge in [0, 0.05) is 26.7 Å². The lowest BCUT2D eigenvalue weighted by Crippen LogP contribution is -2.44. The number of carbonyl (C=O) groups is 1. The number of likely N-dealkylation sites (N-methyl/N-ethyl adjacent to an activating group) is 1. The van der Waals surface area contributed by atoms with Crippen molar-refractivity contribution >= 4 is 5.91 Å². The van der Waals surface area contributed by atoms with Crippen LogP contribution in [0.5, 0.6) is 0 Å². The van der Waals surface area contributed by atoms with Gasteiger partial charge in [-0.2, -0.15) is 0 Å². The van der Waals surface area contributed by atoms with Gasteiger partial charge < -0.3 is 15.0 Å². The van der Waals surface area contributed by atoms with E-state index in [0.29, 0.717) is 13.2 Å². The van der Waals surface area contributed by atoms with Crippen molar-refractivity contribution in [2.75, 3.05) is 20.2 Å². The first-order valence-corrected chi connectivity index (χ1v) is 7.21. The molecular formula is C16H26N2O2. The van der Waals surface area contributed by atoms with E-state index in [0.717, 1.165) is 18.7 Å². The van der Waals surface area contributed by atoms with Gasteiger partial charge in [0.05, 0.1) is 12.6 Å². The molecule has 0 saturated carbocycles. The Bertz CT molecular complexity index is 399.